The highest BCUT2D eigenvalue weighted by Crippen LogP contribution is 2.29. The van der Waals surface area contributed by atoms with Crippen LogP contribution in [0.3, 0.4) is 0 Å². The SMILES string of the molecule is Cn1nnnc1N(CCO)C1CC1. The van der Waals surface area contributed by atoms with Crippen LogP contribution < -0.4 is 4.90 Å². The van der Waals surface area contributed by atoms with Crippen LogP contribution in [0, 0.1) is 0 Å². The van der Waals surface area contributed by atoms with Gasteiger partial charge in [-0.15, -0.1) is 0 Å². The molecule has 0 spiro atoms. The molecule has 0 unspecified atom stereocenters. The Hall–Kier alpha value is -1.17. The molecule has 1 aromatic rings. The van der Waals surface area contributed by atoms with E-state index in [1.165, 1.54) is 12.8 Å². The van der Waals surface area contributed by atoms with Gasteiger partial charge in [0, 0.05) is 19.6 Å². The zero-order valence-electron chi connectivity index (χ0n) is 7.59. The van der Waals surface area contributed by atoms with Crippen molar-refractivity contribution in [2.24, 2.45) is 7.05 Å². The van der Waals surface area contributed by atoms with Gasteiger partial charge in [-0.3, -0.25) is 0 Å². The van der Waals surface area contributed by atoms with Gasteiger partial charge in [-0.1, -0.05) is 5.10 Å². The van der Waals surface area contributed by atoms with Gasteiger partial charge in [0.2, 0.25) is 5.95 Å². The average molecular weight is 183 g/mol. The Morgan fingerprint density at radius 3 is 2.85 bits per heavy atom. The van der Waals surface area contributed by atoms with E-state index in [0.29, 0.717) is 12.6 Å². The van der Waals surface area contributed by atoms with E-state index in [9.17, 15) is 0 Å². The zero-order chi connectivity index (χ0) is 9.26. The van der Waals surface area contributed by atoms with Gasteiger partial charge in [-0.05, 0) is 23.3 Å². The Kier molecular flexibility index (Phi) is 2.13. The first kappa shape index (κ1) is 8.43. The van der Waals surface area contributed by atoms with Crippen LogP contribution in [0.25, 0.3) is 0 Å². The largest absolute Gasteiger partial charge is 0.395 e. The molecule has 0 bridgehead atoms. The summed E-state index contributed by atoms with van der Waals surface area (Å²) in [5, 5.41) is 20.1. The number of aryl methyl sites for hydroxylation is 1. The Morgan fingerprint density at radius 2 is 2.38 bits per heavy atom. The smallest absolute Gasteiger partial charge is 0.245 e. The molecule has 6 heteroatoms. The fraction of sp³-hybridized carbons (Fsp3) is 0.857. The summed E-state index contributed by atoms with van der Waals surface area (Å²) in [6, 6.07) is 0.525. The van der Waals surface area contributed by atoms with Gasteiger partial charge in [0.25, 0.3) is 0 Å². The first-order valence-corrected chi connectivity index (χ1v) is 4.43. The normalized spacial score (nSPS) is 16.2. The van der Waals surface area contributed by atoms with E-state index in [0.717, 1.165) is 5.95 Å². The summed E-state index contributed by atoms with van der Waals surface area (Å²) >= 11 is 0. The van der Waals surface area contributed by atoms with Crippen LogP contribution in [-0.2, 0) is 7.05 Å². The highest BCUT2D eigenvalue weighted by Gasteiger charge is 2.31. The van der Waals surface area contributed by atoms with E-state index in [2.05, 4.69) is 20.4 Å². The van der Waals surface area contributed by atoms with E-state index >= 15 is 0 Å². The maximum atomic E-state index is 8.88. The number of tetrazole rings is 1. The molecule has 1 aliphatic rings. The number of hydrogen-bond donors (Lipinski definition) is 1. The van der Waals surface area contributed by atoms with Crippen LogP contribution in [0.2, 0.25) is 0 Å². The van der Waals surface area contributed by atoms with Crippen LogP contribution in [0.5, 0.6) is 0 Å². The van der Waals surface area contributed by atoms with Gasteiger partial charge in [-0.2, -0.15) is 0 Å². The molecular weight excluding hydrogens is 170 g/mol. The quantitative estimate of drug-likeness (QED) is 0.660. The van der Waals surface area contributed by atoms with Crippen molar-refractivity contribution in [3.8, 4) is 0 Å². The third-order valence-corrected chi connectivity index (χ3v) is 2.18. The van der Waals surface area contributed by atoms with Crippen molar-refractivity contribution < 1.29 is 5.11 Å². The van der Waals surface area contributed by atoms with E-state index < -0.39 is 0 Å². The van der Waals surface area contributed by atoms with Crippen molar-refractivity contribution in [2.45, 2.75) is 18.9 Å². The number of aliphatic hydroxyl groups is 1. The summed E-state index contributed by atoms with van der Waals surface area (Å²) in [4.78, 5) is 2.06. The number of nitrogens with zero attached hydrogens (tertiary/aromatic N) is 5. The van der Waals surface area contributed by atoms with Crippen LogP contribution in [0.15, 0.2) is 0 Å². The third-order valence-electron chi connectivity index (χ3n) is 2.18. The van der Waals surface area contributed by atoms with Gasteiger partial charge < -0.3 is 10.0 Å². The van der Waals surface area contributed by atoms with Gasteiger partial charge in [0.05, 0.1) is 6.61 Å². The lowest BCUT2D eigenvalue weighted by Crippen LogP contribution is -2.31. The topological polar surface area (TPSA) is 67.1 Å². The predicted octanol–water partition coefficient (Wildman–Crippen LogP) is -0.829. The molecule has 0 aliphatic heterocycles. The second kappa shape index (κ2) is 3.29. The van der Waals surface area contributed by atoms with Gasteiger partial charge in [0.1, 0.15) is 0 Å². The number of hydrogen-bond acceptors (Lipinski definition) is 5. The number of rotatable bonds is 4. The molecule has 1 N–H and O–H groups in total. The fourth-order valence-corrected chi connectivity index (χ4v) is 1.41. The second-order valence-corrected chi connectivity index (χ2v) is 3.25. The lowest BCUT2D eigenvalue weighted by atomic mass is 10.5. The lowest BCUT2D eigenvalue weighted by Gasteiger charge is -2.20. The molecule has 1 aliphatic carbocycles. The molecule has 6 nitrogen and oxygen atoms in total. The molecule has 0 atom stereocenters. The summed E-state index contributed by atoms with van der Waals surface area (Å²) in [5.41, 5.74) is 0. The molecule has 13 heavy (non-hydrogen) atoms. The number of aliphatic hydroxyl groups excluding tert-OH is 1. The summed E-state index contributed by atoms with van der Waals surface area (Å²) < 4.78 is 1.63. The van der Waals surface area contributed by atoms with E-state index in [1.807, 2.05) is 7.05 Å². The zero-order valence-corrected chi connectivity index (χ0v) is 7.59. The first-order chi connectivity index (χ1) is 6.33. The maximum Gasteiger partial charge on any atom is 0.245 e. The summed E-state index contributed by atoms with van der Waals surface area (Å²) in [6.07, 6.45) is 2.35. The van der Waals surface area contributed by atoms with Crippen molar-refractivity contribution in [2.75, 3.05) is 18.1 Å². The third kappa shape index (κ3) is 1.62. The van der Waals surface area contributed by atoms with Crippen molar-refractivity contribution in [1.29, 1.82) is 0 Å². The van der Waals surface area contributed by atoms with Gasteiger partial charge in [-0.25, -0.2) is 4.68 Å². The molecule has 1 heterocycles. The Morgan fingerprint density at radius 1 is 1.62 bits per heavy atom. The molecule has 0 saturated heterocycles. The number of aromatic nitrogens is 4. The molecule has 0 radical (unpaired) electrons. The van der Waals surface area contributed by atoms with E-state index in [-0.39, 0.29) is 6.61 Å². The molecule has 72 valence electrons. The Bertz CT molecular complexity index is 282. The Labute approximate surface area is 76.2 Å². The number of anilines is 1. The molecule has 1 fully saturated rings. The van der Waals surface area contributed by atoms with Gasteiger partial charge >= 0.3 is 0 Å². The summed E-state index contributed by atoms with van der Waals surface area (Å²) in [7, 11) is 1.81. The first-order valence-electron chi connectivity index (χ1n) is 4.43. The van der Waals surface area contributed by atoms with Crippen LogP contribution in [0.4, 0.5) is 5.95 Å². The molecular formula is C7H13N5O. The molecule has 2 rings (SSSR count). The van der Waals surface area contributed by atoms with E-state index in [4.69, 9.17) is 5.11 Å². The summed E-state index contributed by atoms with van der Waals surface area (Å²) in [6.45, 7) is 0.752. The Balaban J connectivity index is 2.14. The highest BCUT2D eigenvalue weighted by molar-refractivity contribution is 5.32. The highest BCUT2D eigenvalue weighted by atomic mass is 16.3. The molecule has 0 amide bonds. The van der Waals surface area contributed by atoms with Crippen molar-refractivity contribution in [3.05, 3.63) is 0 Å². The monoisotopic (exact) mass is 183 g/mol. The van der Waals surface area contributed by atoms with Crippen molar-refractivity contribution in [1.82, 2.24) is 20.2 Å². The van der Waals surface area contributed by atoms with E-state index in [1.54, 1.807) is 4.68 Å². The lowest BCUT2D eigenvalue weighted by molar-refractivity contribution is 0.300. The standard InChI is InChI=1S/C7H13N5O/c1-11-7(8-9-10-11)12(4-5-13)6-2-3-6/h6,13H,2-5H2,1H3. The van der Waals surface area contributed by atoms with Crippen molar-refractivity contribution >= 4 is 5.95 Å². The minimum absolute atomic E-state index is 0.142. The van der Waals surface area contributed by atoms with Crippen LogP contribution in [0.1, 0.15) is 12.8 Å². The minimum atomic E-state index is 0.142. The van der Waals surface area contributed by atoms with Crippen molar-refractivity contribution in [3.63, 3.8) is 0 Å². The fourth-order valence-electron chi connectivity index (χ4n) is 1.41. The van der Waals surface area contributed by atoms with Gasteiger partial charge in [0.15, 0.2) is 0 Å². The predicted molar refractivity (Wildman–Crippen MR) is 46.3 cm³/mol. The van der Waals surface area contributed by atoms with Crippen LogP contribution >= 0.6 is 0 Å². The van der Waals surface area contributed by atoms with Crippen LogP contribution in [-0.4, -0.2) is 44.5 Å². The second-order valence-electron chi connectivity index (χ2n) is 3.25. The maximum absolute atomic E-state index is 8.88. The molecule has 1 aromatic heterocycles. The average Bonchev–Trinajstić information content (AvgIpc) is 2.86. The minimum Gasteiger partial charge on any atom is -0.395 e. The molecule has 1 saturated carbocycles. The summed E-state index contributed by atoms with van der Waals surface area (Å²) in [5.74, 6) is 0.747. The molecule has 0 aromatic carbocycles.